The third kappa shape index (κ3) is 6.74. The second kappa shape index (κ2) is 12.6. The summed E-state index contributed by atoms with van der Waals surface area (Å²) in [6, 6.07) is 18.5. The number of ether oxygens (including phenoxy) is 4. The Morgan fingerprint density at radius 1 is 0.941 bits per heavy atom. The highest BCUT2D eigenvalue weighted by molar-refractivity contribution is 9.10. The summed E-state index contributed by atoms with van der Waals surface area (Å²) < 4.78 is 23.3. The summed E-state index contributed by atoms with van der Waals surface area (Å²) in [5.41, 5.74) is 4.71. The first-order chi connectivity index (χ1) is 16.5. The first-order valence-corrected chi connectivity index (χ1v) is 11.6. The number of carbonyl (C=O) groups excluding carboxylic acids is 1. The predicted octanol–water partition coefficient (Wildman–Crippen LogP) is 5.60. The van der Waals surface area contributed by atoms with E-state index in [1.165, 1.54) is 6.21 Å². The van der Waals surface area contributed by atoms with Gasteiger partial charge < -0.3 is 18.9 Å². The Morgan fingerprint density at radius 2 is 1.71 bits per heavy atom. The molecule has 0 heterocycles. The molecule has 0 saturated carbocycles. The maximum Gasteiger partial charge on any atom is 0.271 e. The summed E-state index contributed by atoms with van der Waals surface area (Å²) in [5, 5.41) is 4.07. The molecule has 1 N–H and O–H groups in total. The van der Waals surface area contributed by atoms with E-state index in [9.17, 15) is 4.79 Å². The average Bonchev–Trinajstić information content (AvgIpc) is 2.85. The number of rotatable bonds is 11. The van der Waals surface area contributed by atoms with Gasteiger partial charge in [0.25, 0.3) is 5.91 Å². The van der Waals surface area contributed by atoms with E-state index in [2.05, 4.69) is 26.5 Å². The molecule has 3 rings (SSSR count). The maximum atomic E-state index is 12.6. The van der Waals surface area contributed by atoms with Crippen LogP contribution in [0.4, 0.5) is 0 Å². The largest absolute Gasteiger partial charge is 0.493 e. The molecule has 0 radical (unpaired) electrons. The smallest absolute Gasteiger partial charge is 0.271 e. The number of carbonyl (C=O) groups is 1. The highest BCUT2D eigenvalue weighted by Gasteiger charge is 2.13. The first-order valence-electron chi connectivity index (χ1n) is 10.8. The van der Waals surface area contributed by atoms with Crippen LogP contribution in [0.2, 0.25) is 0 Å². The molecule has 0 fully saturated rings. The van der Waals surface area contributed by atoms with Crippen molar-refractivity contribution in [3.05, 3.63) is 81.8 Å². The van der Waals surface area contributed by atoms with Gasteiger partial charge in [-0.2, -0.15) is 5.10 Å². The third-order valence-corrected chi connectivity index (χ3v) is 5.25. The summed E-state index contributed by atoms with van der Waals surface area (Å²) in [4.78, 5) is 12.6. The zero-order chi connectivity index (χ0) is 24.3. The van der Waals surface area contributed by atoms with Crippen molar-refractivity contribution in [1.82, 2.24) is 5.43 Å². The lowest BCUT2D eigenvalue weighted by molar-refractivity contribution is 0.0954. The molecule has 7 nitrogen and oxygen atoms in total. The molecule has 0 atom stereocenters. The molecule has 3 aromatic carbocycles. The van der Waals surface area contributed by atoms with E-state index in [4.69, 9.17) is 18.9 Å². The Balaban J connectivity index is 1.69. The standard InChI is InChI=1S/C26H27BrN2O5/c1-4-32-23-15-20(11-12-22(23)34-17-18-9-7-6-8-10-18)26(30)29-28-16-19-13-21(27)25(33-5-2)24(14-19)31-3/h6-16H,4-5,17H2,1-3H3,(H,29,30)/b28-16+. The predicted molar refractivity (Wildman–Crippen MR) is 135 cm³/mol. The van der Waals surface area contributed by atoms with Crippen LogP contribution in [-0.2, 0) is 6.61 Å². The van der Waals surface area contributed by atoms with E-state index in [0.717, 1.165) is 15.6 Å². The topological polar surface area (TPSA) is 78.4 Å². The van der Waals surface area contributed by atoms with Crippen molar-refractivity contribution in [2.24, 2.45) is 5.10 Å². The lowest BCUT2D eigenvalue weighted by Crippen LogP contribution is -2.17. The molecular formula is C26H27BrN2O5. The van der Waals surface area contributed by atoms with Gasteiger partial charge in [-0.05, 0) is 71.2 Å². The number of methoxy groups -OCH3 is 1. The Morgan fingerprint density at radius 3 is 2.41 bits per heavy atom. The van der Waals surface area contributed by atoms with Gasteiger partial charge in [0.1, 0.15) is 6.61 Å². The quantitative estimate of drug-likeness (QED) is 0.260. The van der Waals surface area contributed by atoms with Crippen molar-refractivity contribution in [2.45, 2.75) is 20.5 Å². The van der Waals surface area contributed by atoms with Crippen molar-refractivity contribution in [2.75, 3.05) is 20.3 Å². The minimum Gasteiger partial charge on any atom is -0.493 e. The van der Waals surface area contributed by atoms with Crippen molar-refractivity contribution < 1.29 is 23.7 Å². The van der Waals surface area contributed by atoms with Crippen LogP contribution in [0.5, 0.6) is 23.0 Å². The highest BCUT2D eigenvalue weighted by Crippen LogP contribution is 2.36. The number of amides is 1. The molecule has 8 heteroatoms. The van der Waals surface area contributed by atoms with Gasteiger partial charge in [0.2, 0.25) is 0 Å². The van der Waals surface area contributed by atoms with E-state index in [1.807, 2.05) is 50.2 Å². The first kappa shape index (κ1) is 25.1. The minimum absolute atomic E-state index is 0.372. The number of hydrogen-bond donors (Lipinski definition) is 1. The molecule has 0 spiro atoms. The van der Waals surface area contributed by atoms with Crippen molar-refractivity contribution >= 4 is 28.1 Å². The Labute approximate surface area is 207 Å². The molecule has 1 amide bonds. The molecule has 0 aliphatic carbocycles. The van der Waals surface area contributed by atoms with Gasteiger partial charge in [0.15, 0.2) is 23.0 Å². The highest BCUT2D eigenvalue weighted by atomic mass is 79.9. The molecule has 0 aliphatic rings. The molecular weight excluding hydrogens is 500 g/mol. The lowest BCUT2D eigenvalue weighted by atomic mass is 10.2. The minimum atomic E-state index is -0.372. The van der Waals surface area contributed by atoms with Crippen LogP contribution in [-0.4, -0.2) is 32.4 Å². The third-order valence-electron chi connectivity index (χ3n) is 4.66. The SMILES string of the molecule is CCOc1cc(C(=O)N/N=C/c2cc(Br)c(OCC)c(OC)c2)ccc1OCc1ccccc1. The molecule has 0 unspecified atom stereocenters. The van der Waals surface area contributed by atoms with Crippen LogP contribution in [0.25, 0.3) is 0 Å². The van der Waals surface area contributed by atoms with Crippen molar-refractivity contribution in [3.8, 4) is 23.0 Å². The van der Waals surface area contributed by atoms with Crippen molar-refractivity contribution in [3.63, 3.8) is 0 Å². The number of halogens is 1. The fourth-order valence-electron chi connectivity index (χ4n) is 3.10. The van der Waals surface area contributed by atoms with Gasteiger partial charge in [-0.25, -0.2) is 5.43 Å². The van der Waals surface area contributed by atoms with Gasteiger partial charge >= 0.3 is 0 Å². The molecule has 0 saturated heterocycles. The van der Waals surface area contributed by atoms with Gasteiger partial charge in [-0.3, -0.25) is 4.79 Å². The fraction of sp³-hybridized carbons (Fsp3) is 0.231. The van der Waals surface area contributed by atoms with E-state index in [-0.39, 0.29) is 5.91 Å². The summed E-state index contributed by atoms with van der Waals surface area (Å²) in [7, 11) is 1.57. The molecule has 178 valence electrons. The summed E-state index contributed by atoms with van der Waals surface area (Å²) >= 11 is 3.47. The summed E-state index contributed by atoms with van der Waals surface area (Å²) in [6.45, 7) is 5.13. The zero-order valence-electron chi connectivity index (χ0n) is 19.3. The zero-order valence-corrected chi connectivity index (χ0v) is 20.9. The van der Waals surface area contributed by atoms with Crippen LogP contribution in [0, 0.1) is 0 Å². The number of nitrogens with one attached hydrogen (secondary N) is 1. The number of benzene rings is 3. The molecule has 34 heavy (non-hydrogen) atoms. The van der Waals surface area contributed by atoms with E-state index in [0.29, 0.717) is 48.4 Å². The molecule has 0 aromatic heterocycles. The van der Waals surface area contributed by atoms with Gasteiger partial charge in [-0.1, -0.05) is 30.3 Å². The monoisotopic (exact) mass is 526 g/mol. The number of hydrogen-bond acceptors (Lipinski definition) is 6. The second-order valence-corrected chi connectivity index (χ2v) is 7.89. The summed E-state index contributed by atoms with van der Waals surface area (Å²) in [5.74, 6) is 1.87. The Kier molecular flexibility index (Phi) is 9.34. The molecule has 3 aromatic rings. The van der Waals surface area contributed by atoms with Crippen LogP contribution in [0.15, 0.2) is 70.2 Å². The van der Waals surface area contributed by atoms with Crippen LogP contribution < -0.4 is 24.4 Å². The van der Waals surface area contributed by atoms with Crippen LogP contribution in [0.3, 0.4) is 0 Å². The van der Waals surface area contributed by atoms with Crippen LogP contribution in [0.1, 0.15) is 35.3 Å². The summed E-state index contributed by atoms with van der Waals surface area (Å²) in [6.07, 6.45) is 1.53. The molecule has 0 bridgehead atoms. The Bertz CT molecular complexity index is 1140. The van der Waals surface area contributed by atoms with Gasteiger partial charge in [0.05, 0.1) is 31.0 Å². The van der Waals surface area contributed by atoms with Crippen LogP contribution >= 0.6 is 15.9 Å². The van der Waals surface area contributed by atoms with Gasteiger partial charge in [0, 0.05) is 5.56 Å². The average molecular weight is 527 g/mol. The van der Waals surface area contributed by atoms with E-state index in [1.54, 1.807) is 31.4 Å². The number of hydrazone groups is 1. The van der Waals surface area contributed by atoms with Crippen molar-refractivity contribution in [1.29, 1.82) is 0 Å². The lowest BCUT2D eigenvalue weighted by Gasteiger charge is -2.13. The van der Waals surface area contributed by atoms with E-state index >= 15 is 0 Å². The van der Waals surface area contributed by atoms with E-state index < -0.39 is 0 Å². The molecule has 0 aliphatic heterocycles. The Hall–Kier alpha value is -3.52. The van der Waals surface area contributed by atoms with Gasteiger partial charge in [-0.15, -0.1) is 0 Å². The second-order valence-electron chi connectivity index (χ2n) is 7.04. The maximum absolute atomic E-state index is 12.6. The number of nitrogens with zero attached hydrogens (tertiary/aromatic N) is 1. The normalized spacial score (nSPS) is 10.7. The fourth-order valence-corrected chi connectivity index (χ4v) is 3.68.